The van der Waals surface area contributed by atoms with E-state index in [-0.39, 0.29) is 18.4 Å². The van der Waals surface area contributed by atoms with Gasteiger partial charge in [-0.15, -0.1) is 0 Å². The van der Waals surface area contributed by atoms with E-state index < -0.39 is 5.97 Å². The van der Waals surface area contributed by atoms with Gasteiger partial charge >= 0.3 is 5.97 Å². The third kappa shape index (κ3) is 2.84. The highest BCUT2D eigenvalue weighted by Crippen LogP contribution is 2.38. The fourth-order valence-electron chi connectivity index (χ4n) is 2.68. The first-order chi connectivity index (χ1) is 9.63. The number of likely N-dealkylation sites (tertiary alicyclic amines) is 1. The molecule has 0 aromatic carbocycles. The van der Waals surface area contributed by atoms with Crippen LogP contribution in [-0.2, 0) is 16.1 Å². The maximum Gasteiger partial charge on any atom is 0.306 e. The van der Waals surface area contributed by atoms with E-state index in [1.165, 1.54) is 12.8 Å². The Morgan fingerprint density at radius 3 is 2.55 bits per heavy atom. The molecule has 3 rings (SSSR count). The van der Waals surface area contributed by atoms with E-state index in [0.29, 0.717) is 31.8 Å². The zero-order chi connectivity index (χ0) is 14.1. The van der Waals surface area contributed by atoms with Gasteiger partial charge in [-0.1, -0.05) is 0 Å². The molecule has 1 aromatic rings. The van der Waals surface area contributed by atoms with Gasteiger partial charge in [-0.3, -0.25) is 14.3 Å². The lowest BCUT2D eigenvalue weighted by Gasteiger charge is -2.30. The monoisotopic (exact) mass is 277 g/mol. The number of hydrogen-bond donors (Lipinski definition) is 1. The molecule has 1 aromatic heterocycles. The van der Waals surface area contributed by atoms with E-state index >= 15 is 0 Å². The van der Waals surface area contributed by atoms with Gasteiger partial charge in [0.15, 0.2) is 0 Å². The summed E-state index contributed by atoms with van der Waals surface area (Å²) >= 11 is 0. The number of aliphatic carboxylic acids is 1. The van der Waals surface area contributed by atoms with Crippen molar-refractivity contribution in [3.05, 3.63) is 18.0 Å². The van der Waals surface area contributed by atoms with Crippen molar-refractivity contribution >= 4 is 11.9 Å². The summed E-state index contributed by atoms with van der Waals surface area (Å²) in [7, 11) is 0. The minimum Gasteiger partial charge on any atom is -0.481 e. The number of hydrogen-bond acceptors (Lipinski definition) is 3. The summed E-state index contributed by atoms with van der Waals surface area (Å²) in [6.45, 7) is 1.32. The van der Waals surface area contributed by atoms with Gasteiger partial charge in [-0.05, 0) is 31.7 Å². The number of carboxylic acid groups (broad SMARTS) is 1. The summed E-state index contributed by atoms with van der Waals surface area (Å²) in [6.07, 6.45) is 5.36. The zero-order valence-corrected chi connectivity index (χ0v) is 11.4. The van der Waals surface area contributed by atoms with Crippen LogP contribution in [0.15, 0.2) is 12.3 Å². The molecule has 1 saturated heterocycles. The highest BCUT2D eigenvalue weighted by molar-refractivity contribution is 5.76. The number of rotatable bonds is 4. The molecule has 20 heavy (non-hydrogen) atoms. The van der Waals surface area contributed by atoms with Crippen molar-refractivity contribution in [1.82, 2.24) is 14.7 Å². The molecule has 0 unspecified atom stereocenters. The molecule has 0 spiro atoms. The SMILES string of the molecule is O=C(O)C1CCN(C(=O)Cn2ccc(C3CC3)n2)CC1. The second kappa shape index (κ2) is 5.26. The molecule has 1 aliphatic carbocycles. The number of piperidine rings is 1. The minimum absolute atomic E-state index is 0.0271. The number of aromatic nitrogens is 2. The zero-order valence-electron chi connectivity index (χ0n) is 11.4. The predicted octanol–water partition coefficient (Wildman–Crippen LogP) is 1.08. The van der Waals surface area contributed by atoms with E-state index in [0.717, 1.165) is 5.69 Å². The van der Waals surface area contributed by atoms with Crippen LogP contribution in [0.4, 0.5) is 0 Å². The molecule has 6 nitrogen and oxygen atoms in total. The highest BCUT2D eigenvalue weighted by atomic mass is 16.4. The number of amides is 1. The van der Waals surface area contributed by atoms with Crippen LogP contribution in [0.1, 0.15) is 37.3 Å². The van der Waals surface area contributed by atoms with E-state index in [1.54, 1.807) is 9.58 Å². The number of carbonyl (C=O) groups excluding carboxylic acids is 1. The normalized spacial score (nSPS) is 20.1. The fraction of sp³-hybridized carbons (Fsp3) is 0.643. The van der Waals surface area contributed by atoms with Crippen molar-refractivity contribution in [1.29, 1.82) is 0 Å². The Bertz CT molecular complexity index is 513. The van der Waals surface area contributed by atoms with Crippen LogP contribution in [0, 0.1) is 5.92 Å². The lowest BCUT2D eigenvalue weighted by molar-refractivity contribution is -0.145. The first-order valence-electron chi connectivity index (χ1n) is 7.17. The van der Waals surface area contributed by atoms with Gasteiger partial charge in [0.2, 0.25) is 5.91 Å². The standard InChI is InChI=1S/C14H19N3O3/c18-13(16-6-3-11(4-7-16)14(19)20)9-17-8-5-12(15-17)10-1-2-10/h5,8,10-11H,1-4,6-7,9H2,(H,19,20). The second-order valence-electron chi connectivity index (χ2n) is 5.71. The Kier molecular flexibility index (Phi) is 3.46. The topological polar surface area (TPSA) is 75.4 Å². The first-order valence-corrected chi connectivity index (χ1v) is 7.17. The maximum atomic E-state index is 12.2. The first kappa shape index (κ1) is 13.1. The van der Waals surface area contributed by atoms with Crippen molar-refractivity contribution in [2.24, 2.45) is 5.92 Å². The maximum absolute atomic E-state index is 12.2. The van der Waals surface area contributed by atoms with Crippen molar-refractivity contribution in [3.63, 3.8) is 0 Å². The molecule has 6 heteroatoms. The van der Waals surface area contributed by atoms with E-state index in [9.17, 15) is 9.59 Å². The Morgan fingerprint density at radius 2 is 1.95 bits per heavy atom. The number of carbonyl (C=O) groups is 2. The van der Waals surface area contributed by atoms with Crippen molar-refractivity contribution in [3.8, 4) is 0 Å². The average molecular weight is 277 g/mol. The minimum atomic E-state index is -0.752. The molecule has 0 radical (unpaired) electrons. The van der Waals surface area contributed by atoms with Gasteiger partial charge in [-0.25, -0.2) is 0 Å². The van der Waals surface area contributed by atoms with Gasteiger partial charge in [0.05, 0.1) is 11.6 Å². The van der Waals surface area contributed by atoms with Gasteiger partial charge in [0.1, 0.15) is 6.54 Å². The molecule has 108 valence electrons. The van der Waals surface area contributed by atoms with Crippen LogP contribution in [0.2, 0.25) is 0 Å². The van der Waals surface area contributed by atoms with E-state index in [1.807, 2.05) is 12.3 Å². The average Bonchev–Trinajstić information content (AvgIpc) is 3.20. The van der Waals surface area contributed by atoms with Crippen LogP contribution in [-0.4, -0.2) is 44.8 Å². The molecule has 0 bridgehead atoms. The molecule has 0 atom stereocenters. The third-order valence-electron chi connectivity index (χ3n) is 4.15. The smallest absolute Gasteiger partial charge is 0.306 e. The molecule has 2 heterocycles. The van der Waals surface area contributed by atoms with Gasteiger partial charge in [0, 0.05) is 25.2 Å². The Labute approximate surface area is 117 Å². The Morgan fingerprint density at radius 1 is 1.25 bits per heavy atom. The van der Waals surface area contributed by atoms with E-state index in [4.69, 9.17) is 5.11 Å². The van der Waals surface area contributed by atoms with Crippen LogP contribution >= 0.6 is 0 Å². The molecule has 1 saturated carbocycles. The second-order valence-corrected chi connectivity index (χ2v) is 5.71. The lowest BCUT2D eigenvalue weighted by Crippen LogP contribution is -2.41. The molecule has 2 aliphatic rings. The summed E-state index contributed by atoms with van der Waals surface area (Å²) in [5, 5.41) is 13.4. The van der Waals surface area contributed by atoms with Crippen molar-refractivity contribution < 1.29 is 14.7 Å². The van der Waals surface area contributed by atoms with E-state index in [2.05, 4.69) is 5.10 Å². The summed E-state index contributed by atoms with van der Waals surface area (Å²) in [6, 6.07) is 1.99. The van der Waals surface area contributed by atoms with Crippen molar-refractivity contribution in [2.75, 3.05) is 13.1 Å². The van der Waals surface area contributed by atoms with Crippen LogP contribution in [0.3, 0.4) is 0 Å². The quantitative estimate of drug-likeness (QED) is 0.893. The molecule has 1 aliphatic heterocycles. The summed E-state index contributed by atoms with van der Waals surface area (Å²) in [5.74, 6) is -0.430. The summed E-state index contributed by atoms with van der Waals surface area (Å²) in [5.41, 5.74) is 1.09. The van der Waals surface area contributed by atoms with Crippen LogP contribution in [0.25, 0.3) is 0 Å². The fourth-order valence-corrected chi connectivity index (χ4v) is 2.68. The largest absolute Gasteiger partial charge is 0.481 e. The summed E-state index contributed by atoms with van der Waals surface area (Å²) < 4.78 is 1.69. The number of nitrogens with zero attached hydrogens (tertiary/aromatic N) is 3. The van der Waals surface area contributed by atoms with Crippen LogP contribution < -0.4 is 0 Å². The molecule has 1 amide bonds. The predicted molar refractivity (Wildman–Crippen MR) is 71.1 cm³/mol. The third-order valence-corrected chi connectivity index (χ3v) is 4.15. The Hall–Kier alpha value is -1.85. The van der Waals surface area contributed by atoms with Gasteiger partial charge < -0.3 is 10.0 Å². The Balaban J connectivity index is 1.52. The molecular formula is C14H19N3O3. The van der Waals surface area contributed by atoms with Crippen LogP contribution in [0.5, 0.6) is 0 Å². The molecular weight excluding hydrogens is 258 g/mol. The van der Waals surface area contributed by atoms with Crippen molar-refractivity contribution in [2.45, 2.75) is 38.1 Å². The van der Waals surface area contributed by atoms with Gasteiger partial charge in [0.25, 0.3) is 0 Å². The molecule has 1 N–H and O–H groups in total. The molecule has 2 fully saturated rings. The number of carboxylic acids is 1. The van der Waals surface area contributed by atoms with Gasteiger partial charge in [-0.2, -0.15) is 5.10 Å². The lowest BCUT2D eigenvalue weighted by atomic mass is 9.97. The highest BCUT2D eigenvalue weighted by Gasteiger charge is 2.28. The summed E-state index contributed by atoms with van der Waals surface area (Å²) in [4.78, 5) is 24.8.